The lowest BCUT2D eigenvalue weighted by Gasteiger charge is -2.19. The first-order valence-electron chi connectivity index (χ1n) is 3.19. The number of aliphatic carboxylic acids is 1. The van der Waals surface area contributed by atoms with Crippen LogP contribution in [0.5, 0.6) is 0 Å². The molecule has 0 amide bonds. The molecule has 1 rings (SSSR count). The number of carboxylic acid groups (broad SMARTS) is 1. The highest BCUT2D eigenvalue weighted by Gasteiger charge is 2.22. The zero-order valence-corrected chi connectivity index (χ0v) is 6.28. The molecule has 1 saturated heterocycles. The number of hydrogen-bond donors (Lipinski definition) is 2. The average molecular weight is 159 g/mol. The van der Waals surface area contributed by atoms with Gasteiger partial charge in [0.05, 0.1) is 10.9 Å². The van der Waals surface area contributed by atoms with Crippen molar-refractivity contribution in [2.24, 2.45) is 5.92 Å². The molecular formula is C6H9NO2S. The number of nitrogens with one attached hydrogen (secondary N) is 1. The van der Waals surface area contributed by atoms with Gasteiger partial charge in [-0.2, -0.15) is 0 Å². The summed E-state index contributed by atoms with van der Waals surface area (Å²) in [7, 11) is 0. The molecule has 1 fully saturated rings. The molecule has 1 heterocycles. The monoisotopic (exact) mass is 159 g/mol. The maximum atomic E-state index is 10.4. The molecule has 0 aromatic rings. The van der Waals surface area contributed by atoms with Crippen LogP contribution in [0.15, 0.2) is 0 Å². The molecular weight excluding hydrogens is 150 g/mol. The van der Waals surface area contributed by atoms with Crippen molar-refractivity contribution in [1.82, 2.24) is 5.32 Å². The topological polar surface area (TPSA) is 49.3 Å². The lowest BCUT2D eigenvalue weighted by molar-refractivity contribution is -0.141. The van der Waals surface area contributed by atoms with Gasteiger partial charge in [0.25, 0.3) is 0 Å². The number of rotatable bonds is 1. The SMILES string of the molecule is O=C(O)C1CCNC(=S)C1. The van der Waals surface area contributed by atoms with Gasteiger partial charge in [0.1, 0.15) is 0 Å². The van der Waals surface area contributed by atoms with E-state index in [0.717, 1.165) is 0 Å². The maximum absolute atomic E-state index is 10.4. The Morgan fingerprint density at radius 1 is 1.80 bits per heavy atom. The van der Waals surface area contributed by atoms with Crippen LogP contribution in [-0.4, -0.2) is 22.6 Å². The summed E-state index contributed by atoms with van der Waals surface area (Å²) in [6.45, 7) is 0.704. The predicted octanol–water partition coefficient (Wildman–Crippen LogP) is 0.398. The van der Waals surface area contributed by atoms with E-state index in [1.165, 1.54) is 0 Å². The molecule has 1 unspecified atom stereocenters. The smallest absolute Gasteiger partial charge is 0.306 e. The van der Waals surface area contributed by atoms with Crippen LogP contribution >= 0.6 is 12.2 Å². The summed E-state index contributed by atoms with van der Waals surface area (Å²) in [6.07, 6.45) is 1.19. The predicted molar refractivity (Wildman–Crippen MR) is 41.0 cm³/mol. The third kappa shape index (κ3) is 1.67. The summed E-state index contributed by atoms with van der Waals surface area (Å²) in [5.74, 6) is -0.988. The van der Waals surface area contributed by atoms with E-state index < -0.39 is 5.97 Å². The van der Waals surface area contributed by atoms with Crippen molar-refractivity contribution in [3.63, 3.8) is 0 Å². The summed E-state index contributed by atoms with van der Waals surface area (Å²) in [5.41, 5.74) is 0. The van der Waals surface area contributed by atoms with Gasteiger partial charge in [-0.1, -0.05) is 12.2 Å². The standard InChI is InChI=1S/C6H9NO2S/c8-6(9)4-1-2-7-5(10)3-4/h4H,1-3H2,(H,7,10)(H,8,9). The van der Waals surface area contributed by atoms with Crippen LogP contribution in [0.1, 0.15) is 12.8 Å². The van der Waals surface area contributed by atoms with Crippen molar-refractivity contribution >= 4 is 23.2 Å². The Morgan fingerprint density at radius 2 is 2.50 bits per heavy atom. The summed E-state index contributed by atoms with van der Waals surface area (Å²) >= 11 is 4.83. The molecule has 10 heavy (non-hydrogen) atoms. The molecule has 0 aliphatic carbocycles. The van der Waals surface area contributed by atoms with Gasteiger partial charge < -0.3 is 10.4 Å². The summed E-state index contributed by atoms with van der Waals surface area (Å²) in [4.78, 5) is 11.1. The van der Waals surface area contributed by atoms with Crippen LogP contribution < -0.4 is 5.32 Å². The Labute approximate surface area is 64.4 Å². The van der Waals surface area contributed by atoms with E-state index in [0.29, 0.717) is 24.4 Å². The van der Waals surface area contributed by atoms with Crippen molar-refractivity contribution < 1.29 is 9.90 Å². The lowest BCUT2D eigenvalue weighted by Crippen LogP contribution is -2.35. The minimum atomic E-state index is -0.733. The minimum absolute atomic E-state index is 0.256. The van der Waals surface area contributed by atoms with Crippen molar-refractivity contribution in [2.45, 2.75) is 12.8 Å². The molecule has 1 aliphatic rings. The molecule has 0 spiro atoms. The fourth-order valence-corrected chi connectivity index (χ4v) is 1.30. The first kappa shape index (κ1) is 7.47. The molecule has 0 bridgehead atoms. The molecule has 1 atom stereocenters. The molecule has 56 valence electrons. The molecule has 1 aliphatic heterocycles. The van der Waals surface area contributed by atoms with Crippen molar-refractivity contribution in [2.75, 3.05) is 6.54 Å². The van der Waals surface area contributed by atoms with E-state index in [2.05, 4.69) is 5.32 Å². The molecule has 0 radical (unpaired) electrons. The highest BCUT2D eigenvalue weighted by atomic mass is 32.1. The van der Waals surface area contributed by atoms with Crippen LogP contribution in [-0.2, 0) is 4.79 Å². The molecule has 0 saturated carbocycles. The summed E-state index contributed by atoms with van der Waals surface area (Å²) in [6, 6.07) is 0. The number of hydrogen-bond acceptors (Lipinski definition) is 2. The van der Waals surface area contributed by atoms with Gasteiger partial charge in [-0.3, -0.25) is 4.79 Å². The Balaban J connectivity index is 2.47. The van der Waals surface area contributed by atoms with Crippen LogP contribution in [0.2, 0.25) is 0 Å². The number of thiocarbonyl (C=S) groups is 1. The first-order valence-corrected chi connectivity index (χ1v) is 3.60. The summed E-state index contributed by atoms with van der Waals surface area (Å²) in [5, 5.41) is 11.5. The summed E-state index contributed by atoms with van der Waals surface area (Å²) < 4.78 is 0. The van der Waals surface area contributed by atoms with E-state index >= 15 is 0 Å². The molecule has 2 N–H and O–H groups in total. The van der Waals surface area contributed by atoms with E-state index in [4.69, 9.17) is 17.3 Å². The second-order valence-electron chi connectivity index (χ2n) is 2.38. The third-order valence-electron chi connectivity index (χ3n) is 1.60. The zero-order chi connectivity index (χ0) is 7.56. The Kier molecular flexibility index (Phi) is 2.21. The molecule has 0 aromatic carbocycles. The quantitative estimate of drug-likeness (QED) is 0.544. The van der Waals surface area contributed by atoms with Crippen LogP contribution in [0, 0.1) is 5.92 Å². The second-order valence-corrected chi connectivity index (χ2v) is 2.87. The minimum Gasteiger partial charge on any atom is -0.481 e. The normalized spacial score (nSPS) is 25.6. The number of piperidine rings is 1. The van der Waals surface area contributed by atoms with Crippen LogP contribution in [0.4, 0.5) is 0 Å². The van der Waals surface area contributed by atoms with Crippen LogP contribution in [0.3, 0.4) is 0 Å². The largest absolute Gasteiger partial charge is 0.481 e. The number of carbonyl (C=O) groups is 1. The molecule has 4 heteroatoms. The highest BCUT2D eigenvalue weighted by Crippen LogP contribution is 2.12. The van der Waals surface area contributed by atoms with Gasteiger partial charge in [0, 0.05) is 13.0 Å². The van der Waals surface area contributed by atoms with Gasteiger partial charge in [0.2, 0.25) is 0 Å². The number of carboxylic acids is 1. The maximum Gasteiger partial charge on any atom is 0.306 e. The van der Waals surface area contributed by atoms with Gasteiger partial charge in [0.15, 0.2) is 0 Å². The van der Waals surface area contributed by atoms with Gasteiger partial charge >= 0.3 is 5.97 Å². The van der Waals surface area contributed by atoms with E-state index in [-0.39, 0.29) is 5.92 Å². The Morgan fingerprint density at radius 3 is 2.90 bits per heavy atom. The van der Waals surface area contributed by atoms with Gasteiger partial charge in [-0.15, -0.1) is 0 Å². The van der Waals surface area contributed by atoms with E-state index in [9.17, 15) is 4.79 Å². The lowest BCUT2D eigenvalue weighted by atomic mass is 9.99. The Hall–Kier alpha value is -0.640. The van der Waals surface area contributed by atoms with Gasteiger partial charge in [-0.25, -0.2) is 0 Å². The fraction of sp³-hybridized carbons (Fsp3) is 0.667. The zero-order valence-electron chi connectivity index (χ0n) is 5.46. The van der Waals surface area contributed by atoms with Crippen molar-refractivity contribution in [1.29, 1.82) is 0 Å². The van der Waals surface area contributed by atoms with Gasteiger partial charge in [-0.05, 0) is 6.42 Å². The van der Waals surface area contributed by atoms with Crippen molar-refractivity contribution in [3.8, 4) is 0 Å². The molecule has 3 nitrogen and oxygen atoms in total. The third-order valence-corrected chi connectivity index (χ3v) is 1.91. The van der Waals surface area contributed by atoms with E-state index in [1.807, 2.05) is 0 Å². The molecule has 0 aromatic heterocycles. The second kappa shape index (κ2) is 2.96. The average Bonchev–Trinajstić information content (AvgIpc) is 1.88. The highest BCUT2D eigenvalue weighted by molar-refractivity contribution is 7.80. The van der Waals surface area contributed by atoms with Crippen molar-refractivity contribution in [3.05, 3.63) is 0 Å². The first-order chi connectivity index (χ1) is 4.70. The van der Waals surface area contributed by atoms with E-state index in [1.54, 1.807) is 0 Å². The fourth-order valence-electron chi connectivity index (χ4n) is 0.995. The Bertz CT molecular complexity index is 167. The van der Waals surface area contributed by atoms with Crippen LogP contribution in [0.25, 0.3) is 0 Å².